The molecule has 0 fully saturated rings. The molecule has 1 aromatic heterocycles. The van der Waals surface area contributed by atoms with E-state index < -0.39 is 5.97 Å². The lowest BCUT2D eigenvalue weighted by molar-refractivity contribution is 0.0691. The summed E-state index contributed by atoms with van der Waals surface area (Å²) in [5, 5.41) is 8.99. The van der Waals surface area contributed by atoms with Crippen LogP contribution in [0.1, 0.15) is 17.4 Å². The van der Waals surface area contributed by atoms with Crippen LogP contribution in [-0.2, 0) is 0 Å². The van der Waals surface area contributed by atoms with E-state index in [9.17, 15) is 4.79 Å². The van der Waals surface area contributed by atoms with Crippen molar-refractivity contribution in [3.8, 4) is 12.3 Å². The third-order valence-electron chi connectivity index (χ3n) is 2.02. The van der Waals surface area contributed by atoms with Crippen LogP contribution < -0.4 is 4.90 Å². The number of hydrogen-bond acceptors (Lipinski definition) is 3. The first-order valence-electron chi connectivity index (χ1n) is 4.68. The molecule has 5 heteroatoms. The van der Waals surface area contributed by atoms with Crippen LogP contribution in [0.5, 0.6) is 0 Å². The van der Waals surface area contributed by atoms with Gasteiger partial charge in [-0.3, -0.25) is 0 Å². The maximum atomic E-state index is 10.8. The predicted molar refractivity (Wildman–Crippen MR) is 62.9 cm³/mol. The van der Waals surface area contributed by atoms with Crippen molar-refractivity contribution in [1.29, 1.82) is 0 Å². The summed E-state index contributed by atoms with van der Waals surface area (Å²) >= 11 is 5.71. The average molecular weight is 239 g/mol. The second kappa shape index (κ2) is 5.38. The fourth-order valence-corrected chi connectivity index (χ4v) is 1.41. The summed E-state index contributed by atoms with van der Waals surface area (Å²) in [5.41, 5.74) is -0.158. The fraction of sp³-hybridized carbons (Fsp3) is 0.273. The topological polar surface area (TPSA) is 53.4 Å². The minimum absolute atomic E-state index is 0.119. The molecule has 4 nitrogen and oxygen atoms in total. The van der Waals surface area contributed by atoms with E-state index in [4.69, 9.17) is 23.1 Å². The van der Waals surface area contributed by atoms with E-state index in [2.05, 4.69) is 10.9 Å². The SMILES string of the molecule is C#CCN(CC)c1ccc(Cl)c(C(=O)O)n1. The number of halogens is 1. The smallest absolute Gasteiger partial charge is 0.356 e. The number of nitrogens with zero attached hydrogens (tertiary/aromatic N) is 2. The molecule has 1 N–H and O–H groups in total. The van der Waals surface area contributed by atoms with Gasteiger partial charge in [0, 0.05) is 6.54 Å². The first-order chi connectivity index (χ1) is 7.60. The number of aromatic carboxylic acids is 1. The van der Waals surface area contributed by atoms with E-state index in [1.807, 2.05) is 6.92 Å². The van der Waals surface area contributed by atoms with Crippen LogP contribution >= 0.6 is 11.6 Å². The van der Waals surface area contributed by atoms with Gasteiger partial charge in [-0.1, -0.05) is 17.5 Å². The van der Waals surface area contributed by atoms with Crippen molar-refractivity contribution in [1.82, 2.24) is 4.98 Å². The molecular formula is C11H11ClN2O2. The lowest BCUT2D eigenvalue weighted by atomic mass is 10.3. The zero-order chi connectivity index (χ0) is 12.1. The van der Waals surface area contributed by atoms with Gasteiger partial charge in [-0.05, 0) is 19.1 Å². The van der Waals surface area contributed by atoms with Crippen molar-refractivity contribution in [3.05, 3.63) is 22.8 Å². The van der Waals surface area contributed by atoms with Gasteiger partial charge in [-0.15, -0.1) is 6.42 Å². The van der Waals surface area contributed by atoms with Crippen LogP contribution in [0.25, 0.3) is 0 Å². The Bertz CT molecular complexity index is 440. The molecule has 1 aromatic rings. The number of pyridine rings is 1. The first-order valence-corrected chi connectivity index (χ1v) is 5.06. The van der Waals surface area contributed by atoms with Gasteiger partial charge in [0.2, 0.25) is 0 Å². The van der Waals surface area contributed by atoms with E-state index in [1.54, 1.807) is 11.0 Å². The molecule has 1 rings (SSSR count). The van der Waals surface area contributed by atoms with Crippen molar-refractivity contribution in [3.63, 3.8) is 0 Å². The summed E-state index contributed by atoms with van der Waals surface area (Å²) in [6.45, 7) is 2.94. The summed E-state index contributed by atoms with van der Waals surface area (Å²) in [5.74, 6) is 1.85. The van der Waals surface area contributed by atoms with E-state index in [0.717, 1.165) is 0 Å². The van der Waals surface area contributed by atoms with Crippen LogP contribution in [-0.4, -0.2) is 29.1 Å². The minimum Gasteiger partial charge on any atom is -0.476 e. The number of carbonyl (C=O) groups is 1. The highest BCUT2D eigenvalue weighted by Crippen LogP contribution is 2.19. The van der Waals surface area contributed by atoms with Gasteiger partial charge in [0.25, 0.3) is 0 Å². The molecule has 1 heterocycles. The van der Waals surface area contributed by atoms with Crippen LogP contribution in [0.15, 0.2) is 12.1 Å². The number of terminal acetylenes is 1. The Morgan fingerprint density at radius 1 is 1.69 bits per heavy atom. The van der Waals surface area contributed by atoms with E-state index in [0.29, 0.717) is 18.9 Å². The largest absolute Gasteiger partial charge is 0.476 e. The quantitative estimate of drug-likeness (QED) is 0.814. The van der Waals surface area contributed by atoms with Crippen LogP contribution in [0.2, 0.25) is 5.02 Å². The predicted octanol–water partition coefficient (Wildman–Crippen LogP) is 1.89. The molecule has 0 saturated heterocycles. The highest BCUT2D eigenvalue weighted by Gasteiger charge is 2.13. The van der Waals surface area contributed by atoms with E-state index in [-0.39, 0.29) is 10.7 Å². The van der Waals surface area contributed by atoms with E-state index in [1.165, 1.54) is 6.07 Å². The zero-order valence-electron chi connectivity index (χ0n) is 8.77. The Morgan fingerprint density at radius 2 is 2.38 bits per heavy atom. The van der Waals surface area contributed by atoms with Crippen molar-refractivity contribution < 1.29 is 9.90 Å². The molecule has 0 radical (unpaired) electrons. The number of hydrogen-bond donors (Lipinski definition) is 1. The Morgan fingerprint density at radius 3 is 2.88 bits per heavy atom. The summed E-state index contributed by atoms with van der Waals surface area (Å²) in [6.07, 6.45) is 5.21. The molecular weight excluding hydrogens is 228 g/mol. The van der Waals surface area contributed by atoms with E-state index >= 15 is 0 Å². The average Bonchev–Trinajstić information content (AvgIpc) is 2.26. The maximum absolute atomic E-state index is 10.8. The van der Waals surface area contributed by atoms with Crippen molar-refractivity contribution in [2.45, 2.75) is 6.92 Å². The zero-order valence-corrected chi connectivity index (χ0v) is 9.53. The van der Waals surface area contributed by atoms with Crippen LogP contribution in [0, 0.1) is 12.3 Å². The van der Waals surface area contributed by atoms with Crippen molar-refractivity contribution >= 4 is 23.4 Å². The molecule has 0 bridgehead atoms. The highest BCUT2D eigenvalue weighted by atomic mass is 35.5. The Kier molecular flexibility index (Phi) is 4.15. The molecule has 0 atom stereocenters. The van der Waals surface area contributed by atoms with Crippen LogP contribution in [0.4, 0.5) is 5.82 Å². The second-order valence-corrected chi connectivity index (χ2v) is 3.43. The van der Waals surface area contributed by atoms with Gasteiger partial charge in [-0.2, -0.15) is 0 Å². The summed E-state index contributed by atoms with van der Waals surface area (Å²) < 4.78 is 0. The number of aromatic nitrogens is 1. The highest BCUT2D eigenvalue weighted by molar-refractivity contribution is 6.33. The number of carboxylic acids is 1. The molecule has 16 heavy (non-hydrogen) atoms. The minimum atomic E-state index is -1.15. The van der Waals surface area contributed by atoms with Gasteiger partial charge in [-0.25, -0.2) is 9.78 Å². The molecule has 0 aliphatic carbocycles. The molecule has 0 saturated carbocycles. The molecule has 0 aromatic carbocycles. The summed E-state index contributed by atoms with van der Waals surface area (Å²) in [4.78, 5) is 16.6. The fourth-order valence-electron chi connectivity index (χ4n) is 1.22. The number of carboxylic acid groups (broad SMARTS) is 1. The Labute approximate surface area is 98.9 Å². The molecule has 0 aliphatic heterocycles. The number of rotatable bonds is 4. The van der Waals surface area contributed by atoms with Gasteiger partial charge in [0.1, 0.15) is 5.82 Å². The first kappa shape index (κ1) is 12.3. The molecule has 84 valence electrons. The monoisotopic (exact) mass is 238 g/mol. The molecule has 0 spiro atoms. The third kappa shape index (κ3) is 2.65. The lowest BCUT2D eigenvalue weighted by Crippen LogP contribution is -2.24. The normalized spacial score (nSPS) is 9.56. The molecule has 0 amide bonds. The standard InChI is InChI=1S/C11H11ClN2O2/c1-3-7-14(4-2)9-6-5-8(12)10(13-9)11(15)16/h1,5-6H,4,7H2,2H3,(H,15,16). The second-order valence-electron chi connectivity index (χ2n) is 3.02. The van der Waals surface area contributed by atoms with Gasteiger partial charge >= 0.3 is 5.97 Å². The van der Waals surface area contributed by atoms with Gasteiger partial charge in [0.15, 0.2) is 5.69 Å². The number of anilines is 1. The van der Waals surface area contributed by atoms with Crippen LogP contribution in [0.3, 0.4) is 0 Å². The molecule has 0 aliphatic rings. The van der Waals surface area contributed by atoms with Gasteiger partial charge in [0.05, 0.1) is 11.6 Å². The Hall–Kier alpha value is -1.73. The summed E-state index contributed by atoms with van der Waals surface area (Å²) in [7, 11) is 0. The summed E-state index contributed by atoms with van der Waals surface area (Å²) in [6, 6.07) is 3.15. The third-order valence-corrected chi connectivity index (χ3v) is 2.33. The Balaban J connectivity index is 3.11. The molecule has 0 unspecified atom stereocenters. The maximum Gasteiger partial charge on any atom is 0.356 e. The van der Waals surface area contributed by atoms with Crippen molar-refractivity contribution in [2.75, 3.05) is 18.0 Å². The van der Waals surface area contributed by atoms with Crippen molar-refractivity contribution in [2.24, 2.45) is 0 Å². The lowest BCUT2D eigenvalue weighted by Gasteiger charge is -2.19. The van der Waals surface area contributed by atoms with Gasteiger partial charge < -0.3 is 10.0 Å².